The first-order chi connectivity index (χ1) is 6.74. The van der Waals surface area contributed by atoms with Crippen LogP contribution in [-0.4, -0.2) is 28.2 Å². The van der Waals surface area contributed by atoms with Crippen LogP contribution in [0.2, 0.25) is 0 Å². The Balaban J connectivity index is 2.07. The van der Waals surface area contributed by atoms with Crippen LogP contribution < -0.4 is 5.32 Å². The lowest BCUT2D eigenvalue weighted by molar-refractivity contribution is -0.138. The van der Waals surface area contributed by atoms with E-state index in [9.17, 15) is 4.79 Å². The van der Waals surface area contributed by atoms with Crippen LogP contribution in [-0.2, 0) is 4.79 Å². The molecule has 0 bridgehead atoms. The van der Waals surface area contributed by atoms with Crippen LogP contribution in [0.3, 0.4) is 0 Å². The molecule has 0 amide bonds. The fourth-order valence-corrected chi connectivity index (χ4v) is 2.86. The quantitative estimate of drug-likeness (QED) is 0.669. The van der Waals surface area contributed by atoms with Gasteiger partial charge in [0.2, 0.25) is 0 Å². The van der Waals surface area contributed by atoms with Crippen molar-refractivity contribution >= 4 is 17.7 Å². The van der Waals surface area contributed by atoms with Gasteiger partial charge in [0.1, 0.15) is 6.04 Å². The molecular formula is C10H19NO2S. The topological polar surface area (TPSA) is 49.3 Å². The Kier molecular flexibility index (Phi) is 5.33. The fourth-order valence-electron chi connectivity index (χ4n) is 1.60. The minimum atomic E-state index is -0.714. The van der Waals surface area contributed by atoms with Crippen LogP contribution in [0.1, 0.15) is 39.0 Å². The Morgan fingerprint density at radius 1 is 1.50 bits per heavy atom. The van der Waals surface area contributed by atoms with E-state index in [4.69, 9.17) is 5.11 Å². The van der Waals surface area contributed by atoms with E-state index in [0.717, 1.165) is 6.42 Å². The SMILES string of the molecule is CCCCCC[C@@H]1N[C@H](C(=O)O)CS1. The maximum Gasteiger partial charge on any atom is 0.321 e. The molecular weight excluding hydrogens is 198 g/mol. The summed E-state index contributed by atoms with van der Waals surface area (Å²) in [4.78, 5) is 10.6. The second kappa shape index (κ2) is 6.30. The maximum absolute atomic E-state index is 10.6. The average molecular weight is 217 g/mol. The second-order valence-electron chi connectivity index (χ2n) is 3.73. The number of carboxylic acids is 1. The van der Waals surface area contributed by atoms with Crippen molar-refractivity contribution in [3.8, 4) is 0 Å². The lowest BCUT2D eigenvalue weighted by Crippen LogP contribution is -2.36. The zero-order chi connectivity index (χ0) is 10.4. The first-order valence-electron chi connectivity index (χ1n) is 5.34. The molecule has 1 saturated heterocycles. The van der Waals surface area contributed by atoms with Gasteiger partial charge >= 0.3 is 5.97 Å². The van der Waals surface area contributed by atoms with Gasteiger partial charge in [0.15, 0.2) is 0 Å². The number of nitrogens with one attached hydrogen (secondary N) is 1. The number of rotatable bonds is 6. The highest BCUT2D eigenvalue weighted by atomic mass is 32.2. The van der Waals surface area contributed by atoms with Crippen molar-refractivity contribution < 1.29 is 9.90 Å². The minimum absolute atomic E-state index is 0.323. The summed E-state index contributed by atoms with van der Waals surface area (Å²) in [5, 5.41) is 12.3. The molecule has 0 radical (unpaired) electrons. The van der Waals surface area contributed by atoms with Gasteiger partial charge in [-0.25, -0.2) is 0 Å². The van der Waals surface area contributed by atoms with Gasteiger partial charge in [0.05, 0.1) is 5.37 Å². The summed E-state index contributed by atoms with van der Waals surface area (Å²) >= 11 is 1.74. The van der Waals surface area contributed by atoms with Gasteiger partial charge in [-0.3, -0.25) is 10.1 Å². The number of aliphatic carboxylic acids is 1. The van der Waals surface area contributed by atoms with E-state index >= 15 is 0 Å². The van der Waals surface area contributed by atoms with E-state index < -0.39 is 5.97 Å². The van der Waals surface area contributed by atoms with E-state index in [1.165, 1.54) is 25.7 Å². The molecule has 2 N–H and O–H groups in total. The lowest BCUT2D eigenvalue weighted by Gasteiger charge is -2.09. The van der Waals surface area contributed by atoms with Crippen LogP contribution in [0.5, 0.6) is 0 Å². The molecule has 0 aromatic carbocycles. The van der Waals surface area contributed by atoms with Gasteiger partial charge in [0, 0.05) is 5.75 Å². The number of carboxylic acid groups (broad SMARTS) is 1. The summed E-state index contributed by atoms with van der Waals surface area (Å²) in [6, 6.07) is -0.323. The predicted octanol–water partition coefficient (Wildman–Crippen LogP) is 2.07. The Bertz CT molecular complexity index is 187. The van der Waals surface area contributed by atoms with Crippen molar-refractivity contribution in [2.75, 3.05) is 5.75 Å². The van der Waals surface area contributed by atoms with E-state index in [1.807, 2.05) is 0 Å². The number of unbranched alkanes of at least 4 members (excludes halogenated alkanes) is 3. The molecule has 0 spiro atoms. The number of hydrogen-bond acceptors (Lipinski definition) is 3. The highest BCUT2D eigenvalue weighted by molar-refractivity contribution is 8.00. The van der Waals surface area contributed by atoms with E-state index in [1.54, 1.807) is 11.8 Å². The number of hydrogen-bond donors (Lipinski definition) is 2. The van der Waals surface area contributed by atoms with E-state index in [2.05, 4.69) is 12.2 Å². The molecule has 4 heteroatoms. The molecule has 0 unspecified atom stereocenters. The molecule has 2 atom stereocenters. The highest BCUT2D eigenvalue weighted by Crippen LogP contribution is 2.23. The van der Waals surface area contributed by atoms with Crippen LogP contribution >= 0.6 is 11.8 Å². The fraction of sp³-hybridized carbons (Fsp3) is 0.900. The molecule has 3 nitrogen and oxygen atoms in total. The minimum Gasteiger partial charge on any atom is -0.480 e. The van der Waals surface area contributed by atoms with Crippen LogP contribution in [0.25, 0.3) is 0 Å². The normalized spacial score (nSPS) is 26.6. The Hall–Kier alpha value is -0.220. The Morgan fingerprint density at radius 2 is 2.29 bits per heavy atom. The third-order valence-electron chi connectivity index (χ3n) is 2.47. The zero-order valence-electron chi connectivity index (χ0n) is 8.66. The maximum atomic E-state index is 10.6. The molecule has 1 fully saturated rings. The molecule has 14 heavy (non-hydrogen) atoms. The van der Waals surface area contributed by atoms with E-state index in [-0.39, 0.29) is 6.04 Å². The molecule has 0 aromatic rings. The molecule has 0 saturated carbocycles. The van der Waals surface area contributed by atoms with Crippen molar-refractivity contribution in [1.82, 2.24) is 5.32 Å². The second-order valence-corrected chi connectivity index (χ2v) is 4.96. The smallest absolute Gasteiger partial charge is 0.321 e. The van der Waals surface area contributed by atoms with Crippen molar-refractivity contribution in [3.05, 3.63) is 0 Å². The molecule has 1 rings (SSSR count). The first-order valence-corrected chi connectivity index (χ1v) is 6.39. The van der Waals surface area contributed by atoms with Crippen molar-refractivity contribution in [2.24, 2.45) is 0 Å². The van der Waals surface area contributed by atoms with Crippen molar-refractivity contribution in [2.45, 2.75) is 50.4 Å². The molecule has 1 heterocycles. The van der Waals surface area contributed by atoms with E-state index in [0.29, 0.717) is 11.1 Å². The van der Waals surface area contributed by atoms with Gasteiger partial charge in [-0.15, -0.1) is 11.8 Å². The largest absolute Gasteiger partial charge is 0.480 e. The van der Waals surface area contributed by atoms with Gasteiger partial charge in [-0.2, -0.15) is 0 Å². The Morgan fingerprint density at radius 3 is 2.86 bits per heavy atom. The predicted molar refractivity (Wildman–Crippen MR) is 59.6 cm³/mol. The summed E-state index contributed by atoms with van der Waals surface area (Å²) in [5.74, 6) is 0.00175. The molecule has 0 aliphatic carbocycles. The van der Waals surface area contributed by atoms with Crippen LogP contribution in [0, 0.1) is 0 Å². The third kappa shape index (κ3) is 3.88. The van der Waals surface area contributed by atoms with Gasteiger partial charge in [-0.05, 0) is 6.42 Å². The van der Waals surface area contributed by atoms with Crippen molar-refractivity contribution in [3.63, 3.8) is 0 Å². The number of carbonyl (C=O) groups is 1. The monoisotopic (exact) mass is 217 g/mol. The van der Waals surface area contributed by atoms with Crippen LogP contribution in [0.4, 0.5) is 0 Å². The standard InChI is InChI=1S/C10H19NO2S/c1-2-3-4-5-6-9-11-8(7-14-9)10(12)13/h8-9,11H,2-7H2,1H3,(H,12,13)/t8-,9+/m0/s1. The third-order valence-corrected chi connectivity index (χ3v) is 3.77. The van der Waals surface area contributed by atoms with Gasteiger partial charge in [0.25, 0.3) is 0 Å². The number of thioether (sulfide) groups is 1. The summed E-state index contributed by atoms with van der Waals surface area (Å²) < 4.78 is 0. The average Bonchev–Trinajstić information content (AvgIpc) is 2.61. The Labute approximate surface area is 89.6 Å². The summed E-state index contributed by atoms with van der Waals surface area (Å²) in [7, 11) is 0. The lowest BCUT2D eigenvalue weighted by atomic mass is 10.1. The van der Waals surface area contributed by atoms with Crippen molar-refractivity contribution in [1.29, 1.82) is 0 Å². The highest BCUT2D eigenvalue weighted by Gasteiger charge is 2.28. The molecule has 0 aromatic heterocycles. The van der Waals surface area contributed by atoms with Gasteiger partial charge < -0.3 is 5.11 Å². The summed E-state index contributed by atoms with van der Waals surface area (Å²) in [6.45, 7) is 2.20. The molecule has 82 valence electrons. The first kappa shape index (κ1) is 11.9. The zero-order valence-corrected chi connectivity index (χ0v) is 9.48. The van der Waals surface area contributed by atoms with Gasteiger partial charge in [-0.1, -0.05) is 32.6 Å². The van der Waals surface area contributed by atoms with Crippen LogP contribution in [0.15, 0.2) is 0 Å². The summed E-state index contributed by atoms with van der Waals surface area (Å²) in [6.07, 6.45) is 6.13. The summed E-state index contributed by atoms with van der Waals surface area (Å²) in [5.41, 5.74) is 0. The molecule has 1 aliphatic rings. The molecule has 1 aliphatic heterocycles.